The van der Waals surface area contributed by atoms with Crippen molar-refractivity contribution in [2.24, 2.45) is 0 Å². The number of benzene rings is 1. The normalized spacial score (nSPS) is 10.6. The van der Waals surface area contributed by atoms with E-state index in [0.29, 0.717) is 10.8 Å². The molecule has 0 unspecified atom stereocenters. The maximum atomic E-state index is 13.3. The number of aromatic amines is 1. The second-order valence-corrected chi connectivity index (χ2v) is 2.96. The molecule has 0 bridgehead atoms. The minimum absolute atomic E-state index is 0.250. The summed E-state index contributed by atoms with van der Waals surface area (Å²) in [4.78, 5) is 13.8. The molecule has 0 fully saturated rings. The standard InChI is InChI=1S/C10H8FNO/c1-6-5-12-10(13)7-3-2-4-8(11)9(6)7/h2-5H,1H3,(H,12,13). The summed E-state index contributed by atoms with van der Waals surface area (Å²) in [5, 5.41) is 0.811. The van der Waals surface area contributed by atoms with Crippen LogP contribution < -0.4 is 5.56 Å². The first-order chi connectivity index (χ1) is 6.20. The fourth-order valence-corrected chi connectivity index (χ4v) is 1.44. The van der Waals surface area contributed by atoms with E-state index in [-0.39, 0.29) is 11.4 Å². The molecule has 1 aromatic heterocycles. The van der Waals surface area contributed by atoms with Crippen molar-refractivity contribution in [2.45, 2.75) is 6.92 Å². The van der Waals surface area contributed by atoms with Gasteiger partial charge in [-0.25, -0.2) is 4.39 Å². The summed E-state index contributed by atoms with van der Waals surface area (Å²) in [6, 6.07) is 4.51. The van der Waals surface area contributed by atoms with Crippen LogP contribution in [0, 0.1) is 12.7 Å². The van der Waals surface area contributed by atoms with Gasteiger partial charge in [0.15, 0.2) is 0 Å². The molecule has 13 heavy (non-hydrogen) atoms. The molecular formula is C10H8FNO. The molecule has 2 nitrogen and oxygen atoms in total. The van der Waals surface area contributed by atoms with Gasteiger partial charge in [0.2, 0.25) is 0 Å². The molecule has 2 rings (SSSR count). The number of hydrogen-bond acceptors (Lipinski definition) is 1. The second kappa shape index (κ2) is 2.69. The van der Waals surface area contributed by atoms with Crippen molar-refractivity contribution in [3.63, 3.8) is 0 Å². The van der Waals surface area contributed by atoms with E-state index in [2.05, 4.69) is 4.98 Å². The number of hydrogen-bond donors (Lipinski definition) is 1. The summed E-state index contributed by atoms with van der Waals surface area (Å²) in [5.74, 6) is -0.346. The van der Waals surface area contributed by atoms with E-state index in [1.807, 2.05) is 0 Å². The lowest BCUT2D eigenvalue weighted by atomic mass is 10.1. The van der Waals surface area contributed by atoms with Crippen molar-refractivity contribution < 1.29 is 4.39 Å². The van der Waals surface area contributed by atoms with Crippen molar-refractivity contribution in [3.8, 4) is 0 Å². The van der Waals surface area contributed by atoms with Crippen molar-refractivity contribution in [2.75, 3.05) is 0 Å². The van der Waals surface area contributed by atoms with Crippen LogP contribution in [0.2, 0.25) is 0 Å². The highest BCUT2D eigenvalue weighted by atomic mass is 19.1. The van der Waals surface area contributed by atoms with Crippen LogP contribution in [-0.2, 0) is 0 Å². The van der Waals surface area contributed by atoms with Crippen molar-refractivity contribution in [1.82, 2.24) is 4.98 Å². The van der Waals surface area contributed by atoms with Crippen LogP contribution >= 0.6 is 0 Å². The summed E-state index contributed by atoms with van der Waals surface area (Å²) in [5.41, 5.74) is 0.493. The molecule has 1 heterocycles. The van der Waals surface area contributed by atoms with E-state index in [0.717, 1.165) is 5.56 Å². The Morgan fingerprint density at radius 3 is 2.85 bits per heavy atom. The Hall–Kier alpha value is -1.64. The Bertz CT molecular complexity index is 508. The van der Waals surface area contributed by atoms with Crippen LogP contribution in [0.1, 0.15) is 5.56 Å². The number of rotatable bonds is 0. The molecule has 3 heteroatoms. The lowest BCUT2D eigenvalue weighted by Gasteiger charge is -2.00. The molecule has 66 valence electrons. The van der Waals surface area contributed by atoms with E-state index in [9.17, 15) is 9.18 Å². The maximum absolute atomic E-state index is 13.3. The molecule has 2 aromatic rings. The van der Waals surface area contributed by atoms with Crippen molar-refractivity contribution >= 4 is 10.8 Å². The fraction of sp³-hybridized carbons (Fsp3) is 0.100. The highest BCUT2D eigenvalue weighted by Gasteiger charge is 2.05. The molecule has 1 aromatic carbocycles. The third kappa shape index (κ3) is 1.13. The number of pyridine rings is 1. The molecule has 0 saturated carbocycles. The van der Waals surface area contributed by atoms with Gasteiger partial charge in [-0.1, -0.05) is 6.07 Å². The summed E-state index contributed by atoms with van der Waals surface area (Å²) < 4.78 is 13.3. The van der Waals surface area contributed by atoms with E-state index in [1.54, 1.807) is 13.0 Å². The molecule has 0 spiro atoms. The molecule has 0 radical (unpaired) electrons. The molecular weight excluding hydrogens is 169 g/mol. The predicted molar refractivity (Wildman–Crippen MR) is 49.3 cm³/mol. The van der Waals surface area contributed by atoms with E-state index < -0.39 is 0 Å². The smallest absolute Gasteiger partial charge is 0.255 e. The van der Waals surface area contributed by atoms with Gasteiger partial charge in [-0.2, -0.15) is 0 Å². The minimum atomic E-state index is -0.346. The topological polar surface area (TPSA) is 32.9 Å². The first kappa shape index (κ1) is 7.98. The zero-order chi connectivity index (χ0) is 9.42. The third-order valence-corrected chi connectivity index (χ3v) is 2.07. The predicted octanol–water partition coefficient (Wildman–Crippen LogP) is 1.98. The van der Waals surface area contributed by atoms with Crippen molar-refractivity contribution in [1.29, 1.82) is 0 Å². The molecule has 0 saturated heterocycles. The van der Waals surface area contributed by atoms with Gasteiger partial charge in [-0.05, 0) is 24.6 Å². The first-order valence-electron chi connectivity index (χ1n) is 3.96. The van der Waals surface area contributed by atoms with Crippen LogP contribution in [0.3, 0.4) is 0 Å². The van der Waals surface area contributed by atoms with Gasteiger partial charge < -0.3 is 4.98 Å². The monoisotopic (exact) mass is 177 g/mol. The minimum Gasteiger partial charge on any atom is -0.328 e. The summed E-state index contributed by atoms with van der Waals surface area (Å²) in [6.07, 6.45) is 1.52. The zero-order valence-corrected chi connectivity index (χ0v) is 7.10. The van der Waals surface area contributed by atoms with Crippen LogP contribution in [0.15, 0.2) is 29.2 Å². The lowest BCUT2D eigenvalue weighted by Crippen LogP contribution is -2.06. The number of aromatic nitrogens is 1. The Kier molecular flexibility index (Phi) is 1.65. The molecule has 0 aliphatic heterocycles. The Morgan fingerprint density at radius 2 is 2.15 bits per heavy atom. The molecule has 0 aliphatic rings. The SMILES string of the molecule is Cc1c[nH]c(=O)c2cccc(F)c12. The number of nitrogens with one attached hydrogen (secondary N) is 1. The quantitative estimate of drug-likeness (QED) is 0.655. The second-order valence-electron chi connectivity index (χ2n) is 2.96. The van der Waals surface area contributed by atoms with E-state index in [4.69, 9.17) is 0 Å². The van der Waals surface area contributed by atoms with E-state index >= 15 is 0 Å². The Morgan fingerprint density at radius 1 is 1.38 bits per heavy atom. The molecule has 0 amide bonds. The highest BCUT2D eigenvalue weighted by molar-refractivity contribution is 5.84. The average Bonchev–Trinajstić information content (AvgIpc) is 2.12. The van der Waals surface area contributed by atoms with Gasteiger partial charge in [0, 0.05) is 11.6 Å². The molecule has 0 atom stereocenters. The number of halogens is 1. The van der Waals surface area contributed by atoms with Crippen molar-refractivity contribution in [3.05, 3.63) is 46.1 Å². The number of H-pyrrole nitrogens is 1. The number of fused-ring (bicyclic) bond motifs is 1. The average molecular weight is 177 g/mol. The molecule has 0 aliphatic carbocycles. The van der Waals surface area contributed by atoms with Crippen LogP contribution in [-0.4, -0.2) is 4.98 Å². The summed E-state index contributed by atoms with van der Waals surface area (Å²) >= 11 is 0. The first-order valence-corrected chi connectivity index (χ1v) is 3.96. The fourth-order valence-electron chi connectivity index (χ4n) is 1.44. The van der Waals surface area contributed by atoms with Gasteiger partial charge in [-0.3, -0.25) is 4.79 Å². The Balaban J connectivity index is 3.09. The summed E-state index contributed by atoms with van der Waals surface area (Å²) in [6.45, 7) is 1.77. The van der Waals surface area contributed by atoms with Gasteiger partial charge in [0.1, 0.15) is 5.82 Å². The summed E-state index contributed by atoms with van der Waals surface area (Å²) in [7, 11) is 0. The van der Waals surface area contributed by atoms with Gasteiger partial charge >= 0.3 is 0 Å². The zero-order valence-electron chi connectivity index (χ0n) is 7.10. The van der Waals surface area contributed by atoms with Crippen LogP contribution in [0.5, 0.6) is 0 Å². The Labute approximate surface area is 74.0 Å². The van der Waals surface area contributed by atoms with E-state index in [1.165, 1.54) is 18.3 Å². The number of aryl methyl sites for hydroxylation is 1. The van der Waals surface area contributed by atoms with Gasteiger partial charge in [0.05, 0.1) is 5.39 Å². The third-order valence-electron chi connectivity index (χ3n) is 2.07. The lowest BCUT2D eigenvalue weighted by molar-refractivity contribution is 0.639. The van der Waals surface area contributed by atoms with Crippen LogP contribution in [0.4, 0.5) is 4.39 Å². The maximum Gasteiger partial charge on any atom is 0.255 e. The van der Waals surface area contributed by atoms with Gasteiger partial charge in [-0.15, -0.1) is 0 Å². The molecule has 1 N–H and O–H groups in total. The van der Waals surface area contributed by atoms with Gasteiger partial charge in [0.25, 0.3) is 5.56 Å². The largest absolute Gasteiger partial charge is 0.328 e. The highest BCUT2D eigenvalue weighted by Crippen LogP contribution is 2.16. The van der Waals surface area contributed by atoms with Crippen LogP contribution in [0.25, 0.3) is 10.8 Å².